The van der Waals surface area contributed by atoms with E-state index < -0.39 is 0 Å². The van der Waals surface area contributed by atoms with Crippen LogP contribution < -0.4 is 5.48 Å². The van der Waals surface area contributed by atoms with E-state index in [9.17, 15) is 4.91 Å². The van der Waals surface area contributed by atoms with Gasteiger partial charge in [0, 0.05) is 6.54 Å². The SMILES string of the molecule is O=NCCCCCCCCNO. The summed E-state index contributed by atoms with van der Waals surface area (Å²) in [5.74, 6) is 0. The molecule has 0 amide bonds. The summed E-state index contributed by atoms with van der Waals surface area (Å²) in [4.78, 5) is 9.69. The maximum absolute atomic E-state index is 9.69. The van der Waals surface area contributed by atoms with Crippen molar-refractivity contribution in [2.24, 2.45) is 5.18 Å². The monoisotopic (exact) mass is 174 g/mol. The highest BCUT2D eigenvalue weighted by molar-refractivity contribution is 4.47. The molecule has 0 aromatic rings. The molecule has 2 N–H and O–H groups in total. The molecule has 4 nitrogen and oxygen atoms in total. The van der Waals surface area contributed by atoms with Crippen LogP contribution in [0.5, 0.6) is 0 Å². The van der Waals surface area contributed by atoms with Gasteiger partial charge in [-0.3, -0.25) is 0 Å². The minimum Gasteiger partial charge on any atom is -0.317 e. The lowest BCUT2D eigenvalue weighted by Crippen LogP contribution is -2.07. The third kappa shape index (κ3) is 9.52. The van der Waals surface area contributed by atoms with Crippen LogP contribution in [0.15, 0.2) is 5.18 Å². The number of nitrogens with zero attached hydrogens (tertiary/aromatic N) is 1. The summed E-state index contributed by atoms with van der Waals surface area (Å²) >= 11 is 0. The smallest absolute Gasteiger partial charge is 0.0811 e. The molecule has 0 saturated carbocycles. The zero-order valence-electron chi connectivity index (χ0n) is 7.46. The summed E-state index contributed by atoms with van der Waals surface area (Å²) in [6.45, 7) is 1.13. The van der Waals surface area contributed by atoms with Crippen LogP contribution in [0.1, 0.15) is 38.5 Å². The number of hydrogen-bond donors (Lipinski definition) is 2. The Morgan fingerprint density at radius 1 is 1.00 bits per heavy atom. The van der Waals surface area contributed by atoms with Crippen LogP contribution in [0.2, 0.25) is 0 Å². The maximum atomic E-state index is 9.69. The Morgan fingerprint density at radius 3 is 2.17 bits per heavy atom. The molecule has 0 aliphatic rings. The van der Waals surface area contributed by atoms with Crippen LogP contribution >= 0.6 is 0 Å². The lowest BCUT2D eigenvalue weighted by molar-refractivity contribution is 0.164. The molecule has 0 heterocycles. The van der Waals surface area contributed by atoms with Gasteiger partial charge >= 0.3 is 0 Å². The van der Waals surface area contributed by atoms with Crippen molar-refractivity contribution in [3.63, 3.8) is 0 Å². The zero-order chi connectivity index (χ0) is 9.07. The van der Waals surface area contributed by atoms with E-state index in [0.29, 0.717) is 13.1 Å². The van der Waals surface area contributed by atoms with Crippen LogP contribution in [-0.4, -0.2) is 18.3 Å². The zero-order valence-corrected chi connectivity index (χ0v) is 7.46. The van der Waals surface area contributed by atoms with Crippen LogP contribution in [0.3, 0.4) is 0 Å². The molecule has 0 rings (SSSR count). The maximum Gasteiger partial charge on any atom is 0.0811 e. The van der Waals surface area contributed by atoms with Crippen molar-refractivity contribution in [3.05, 3.63) is 4.91 Å². The molecular formula is C8H18N2O2. The van der Waals surface area contributed by atoms with E-state index in [4.69, 9.17) is 5.21 Å². The minimum absolute atomic E-state index is 0.457. The summed E-state index contributed by atoms with van der Waals surface area (Å²) in [5, 5.41) is 11.0. The van der Waals surface area contributed by atoms with Crippen molar-refractivity contribution < 1.29 is 5.21 Å². The van der Waals surface area contributed by atoms with Gasteiger partial charge in [0.2, 0.25) is 0 Å². The molecule has 0 spiro atoms. The minimum atomic E-state index is 0.457. The normalized spacial score (nSPS) is 10.1. The third-order valence-corrected chi connectivity index (χ3v) is 1.79. The second-order valence-corrected chi connectivity index (χ2v) is 2.88. The Hall–Kier alpha value is -0.480. The molecule has 0 unspecified atom stereocenters. The number of nitrogens with one attached hydrogen (secondary N) is 1. The van der Waals surface area contributed by atoms with E-state index in [0.717, 1.165) is 25.7 Å². The van der Waals surface area contributed by atoms with Gasteiger partial charge in [-0.2, -0.15) is 4.91 Å². The number of hydroxylamine groups is 1. The summed E-state index contributed by atoms with van der Waals surface area (Å²) in [7, 11) is 0. The second-order valence-electron chi connectivity index (χ2n) is 2.88. The van der Waals surface area contributed by atoms with Gasteiger partial charge in [-0.05, 0) is 12.8 Å². The quantitative estimate of drug-likeness (QED) is 0.319. The van der Waals surface area contributed by atoms with Gasteiger partial charge in [0.15, 0.2) is 0 Å². The van der Waals surface area contributed by atoms with Gasteiger partial charge in [0.1, 0.15) is 0 Å². The standard InChI is InChI=1S/C8H18N2O2/c11-9-7-5-3-1-2-4-6-8-10-12/h9,11H,1-8H2. The fourth-order valence-corrected chi connectivity index (χ4v) is 1.09. The number of unbranched alkanes of at least 4 members (excludes halogenated alkanes) is 5. The van der Waals surface area contributed by atoms with Gasteiger partial charge in [-0.1, -0.05) is 30.9 Å². The average Bonchev–Trinajstić information content (AvgIpc) is 2.10. The number of nitroso groups, excluding NO2 is 1. The first kappa shape index (κ1) is 11.5. The fraction of sp³-hybridized carbons (Fsp3) is 1.00. The van der Waals surface area contributed by atoms with Crippen LogP contribution in [0.25, 0.3) is 0 Å². The molecule has 0 fully saturated rings. The molecule has 0 saturated heterocycles. The van der Waals surface area contributed by atoms with Crippen molar-refractivity contribution in [1.29, 1.82) is 0 Å². The molecule has 4 heteroatoms. The van der Waals surface area contributed by atoms with Crippen LogP contribution in [-0.2, 0) is 0 Å². The Balaban J connectivity index is 2.77. The average molecular weight is 174 g/mol. The van der Waals surface area contributed by atoms with Crippen molar-refractivity contribution in [2.45, 2.75) is 38.5 Å². The highest BCUT2D eigenvalue weighted by Crippen LogP contribution is 2.04. The molecule has 0 aliphatic carbocycles. The molecular weight excluding hydrogens is 156 g/mol. The second kappa shape index (κ2) is 10.5. The lowest BCUT2D eigenvalue weighted by atomic mass is 10.1. The summed E-state index contributed by atoms with van der Waals surface area (Å²) in [6.07, 6.45) is 6.52. The van der Waals surface area contributed by atoms with Crippen molar-refractivity contribution >= 4 is 0 Å². The Labute approximate surface area is 73.3 Å². The van der Waals surface area contributed by atoms with E-state index in [2.05, 4.69) is 10.7 Å². The molecule has 0 aliphatic heterocycles. The molecule has 0 aromatic heterocycles. The van der Waals surface area contributed by atoms with Crippen molar-refractivity contribution in [1.82, 2.24) is 5.48 Å². The third-order valence-electron chi connectivity index (χ3n) is 1.79. The van der Waals surface area contributed by atoms with E-state index in [1.54, 1.807) is 0 Å². The topological polar surface area (TPSA) is 61.7 Å². The molecule has 0 bridgehead atoms. The summed E-state index contributed by atoms with van der Waals surface area (Å²) in [6, 6.07) is 0. The number of rotatable bonds is 9. The number of hydrogen-bond acceptors (Lipinski definition) is 4. The first-order valence-electron chi connectivity index (χ1n) is 4.58. The van der Waals surface area contributed by atoms with Gasteiger partial charge in [0.25, 0.3) is 0 Å². The van der Waals surface area contributed by atoms with Crippen LogP contribution in [0.4, 0.5) is 0 Å². The van der Waals surface area contributed by atoms with Crippen molar-refractivity contribution in [3.8, 4) is 0 Å². The molecule has 0 atom stereocenters. The largest absolute Gasteiger partial charge is 0.317 e. The highest BCUT2D eigenvalue weighted by Gasteiger charge is 1.90. The van der Waals surface area contributed by atoms with Gasteiger partial charge in [0.05, 0.1) is 6.54 Å². The van der Waals surface area contributed by atoms with E-state index in [1.807, 2.05) is 0 Å². The first-order chi connectivity index (χ1) is 5.91. The van der Waals surface area contributed by atoms with Gasteiger partial charge < -0.3 is 5.21 Å². The predicted octanol–water partition coefficient (Wildman–Crippen LogP) is 2.07. The van der Waals surface area contributed by atoms with Gasteiger partial charge in [-0.15, -0.1) is 0 Å². The Bertz CT molecular complexity index is 99.1. The van der Waals surface area contributed by atoms with Crippen molar-refractivity contribution in [2.75, 3.05) is 13.1 Å². The summed E-state index contributed by atoms with van der Waals surface area (Å²) in [5.41, 5.74) is 2.12. The molecule has 0 radical (unpaired) electrons. The first-order valence-corrected chi connectivity index (χ1v) is 4.58. The lowest BCUT2D eigenvalue weighted by Gasteiger charge is -1.98. The van der Waals surface area contributed by atoms with Gasteiger partial charge in [-0.25, -0.2) is 5.48 Å². The Morgan fingerprint density at radius 2 is 1.58 bits per heavy atom. The van der Waals surface area contributed by atoms with E-state index in [-0.39, 0.29) is 0 Å². The summed E-state index contributed by atoms with van der Waals surface area (Å²) < 4.78 is 0. The highest BCUT2D eigenvalue weighted by atomic mass is 16.5. The van der Waals surface area contributed by atoms with E-state index >= 15 is 0 Å². The molecule has 72 valence electrons. The fourth-order valence-electron chi connectivity index (χ4n) is 1.09. The predicted molar refractivity (Wildman–Crippen MR) is 48.2 cm³/mol. The Kier molecular flexibility index (Phi) is 10.1. The van der Waals surface area contributed by atoms with E-state index in [1.165, 1.54) is 12.8 Å². The molecule has 0 aromatic carbocycles. The van der Waals surface area contributed by atoms with Crippen LogP contribution in [0, 0.1) is 4.91 Å². The molecule has 12 heavy (non-hydrogen) atoms.